The minimum absolute atomic E-state index is 0.151. The minimum Gasteiger partial charge on any atom is -0.267 e. The molecule has 2 aromatic carbocycles. The Balaban J connectivity index is 1.84. The van der Waals surface area contributed by atoms with E-state index in [1.54, 1.807) is 6.21 Å². The lowest BCUT2D eigenvalue weighted by Crippen LogP contribution is -2.16. The first-order valence-electron chi connectivity index (χ1n) is 8.30. The van der Waals surface area contributed by atoms with Gasteiger partial charge in [-0.3, -0.25) is 4.79 Å². The molecule has 4 rings (SSSR count). The molecule has 2 aromatic heterocycles. The highest BCUT2D eigenvalue weighted by Crippen LogP contribution is 2.35. The Morgan fingerprint density at radius 2 is 1.77 bits per heavy atom. The average Bonchev–Trinajstić information content (AvgIpc) is 3.00. The maximum absolute atomic E-state index is 13.0. The van der Waals surface area contributed by atoms with Crippen LogP contribution in [-0.4, -0.2) is 15.9 Å². The first kappa shape index (κ1) is 16.4. The number of aromatic nitrogens is 2. The monoisotopic (exact) mass is 359 g/mol. The third-order valence-electron chi connectivity index (χ3n) is 4.24. The Kier molecular flexibility index (Phi) is 4.22. The summed E-state index contributed by atoms with van der Waals surface area (Å²) in [4.78, 5) is 19.3. The zero-order chi connectivity index (χ0) is 18.1. The van der Waals surface area contributed by atoms with Crippen LogP contribution in [0.25, 0.3) is 21.3 Å². The maximum atomic E-state index is 13.0. The summed E-state index contributed by atoms with van der Waals surface area (Å²) in [6, 6.07) is 17.9. The number of nitrogens with zero attached hydrogens (tertiary/aromatic N) is 3. The summed E-state index contributed by atoms with van der Waals surface area (Å²) in [7, 11) is 0. The Morgan fingerprint density at radius 3 is 2.50 bits per heavy atom. The van der Waals surface area contributed by atoms with Crippen LogP contribution in [0.15, 0.2) is 70.8 Å². The molecule has 2 heterocycles. The number of hydrogen-bond donors (Lipinski definition) is 0. The molecular formula is C21H17N3OS. The molecule has 0 N–H and O–H groups in total. The van der Waals surface area contributed by atoms with Crippen molar-refractivity contribution in [3.8, 4) is 11.1 Å². The fraction of sp³-hybridized carbons (Fsp3) is 0.0952. The fourth-order valence-electron chi connectivity index (χ4n) is 2.91. The molecule has 0 bridgehead atoms. The molecule has 0 saturated carbocycles. The molecule has 4 nitrogen and oxygen atoms in total. The largest absolute Gasteiger partial charge is 0.283 e. The summed E-state index contributed by atoms with van der Waals surface area (Å²) in [6.07, 6.45) is 3.16. The van der Waals surface area contributed by atoms with Crippen molar-refractivity contribution < 1.29 is 0 Å². The van der Waals surface area contributed by atoms with Gasteiger partial charge in [-0.25, -0.2) is 4.98 Å². The molecule has 0 fully saturated rings. The van der Waals surface area contributed by atoms with E-state index in [9.17, 15) is 4.79 Å². The third kappa shape index (κ3) is 2.97. The van der Waals surface area contributed by atoms with Crippen molar-refractivity contribution in [2.45, 2.75) is 13.8 Å². The van der Waals surface area contributed by atoms with Crippen LogP contribution in [0.2, 0.25) is 0 Å². The summed E-state index contributed by atoms with van der Waals surface area (Å²) in [5.74, 6) is 0. The van der Waals surface area contributed by atoms with Gasteiger partial charge in [-0.15, -0.1) is 11.3 Å². The highest BCUT2D eigenvalue weighted by atomic mass is 32.1. The predicted octanol–water partition coefficient (Wildman–Crippen LogP) is 4.62. The van der Waals surface area contributed by atoms with E-state index in [0.717, 1.165) is 26.4 Å². The number of thiophene rings is 1. The lowest BCUT2D eigenvalue weighted by atomic mass is 10.0. The van der Waals surface area contributed by atoms with Gasteiger partial charge in [-0.1, -0.05) is 60.2 Å². The Bertz CT molecular complexity index is 1160. The highest BCUT2D eigenvalue weighted by Gasteiger charge is 2.16. The summed E-state index contributed by atoms with van der Waals surface area (Å²) in [5.41, 5.74) is 3.94. The van der Waals surface area contributed by atoms with Gasteiger partial charge in [-0.05, 0) is 25.0 Å². The van der Waals surface area contributed by atoms with Crippen molar-refractivity contribution >= 4 is 27.8 Å². The molecule has 0 aliphatic rings. The van der Waals surface area contributed by atoms with E-state index in [2.05, 4.69) is 10.1 Å². The van der Waals surface area contributed by atoms with Gasteiger partial charge in [-0.2, -0.15) is 9.78 Å². The zero-order valence-corrected chi connectivity index (χ0v) is 15.3. The Morgan fingerprint density at radius 1 is 1.04 bits per heavy atom. The number of hydrogen-bond acceptors (Lipinski definition) is 4. The van der Waals surface area contributed by atoms with E-state index in [0.29, 0.717) is 5.39 Å². The van der Waals surface area contributed by atoms with Crippen LogP contribution < -0.4 is 5.56 Å². The SMILES string of the molecule is Cc1ccc(/C=N\n2cnc3sc(C)c(-c4ccccc4)c3c2=O)cc1. The number of benzene rings is 2. The van der Waals surface area contributed by atoms with Crippen LogP contribution in [0.4, 0.5) is 0 Å². The van der Waals surface area contributed by atoms with Crippen molar-refractivity contribution in [3.63, 3.8) is 0 Å². The Hall–Kier alpha value is -3.05. The van der Waals surface area contributed by atoms with E-state index in [-0.39, 0.29) is 5.56 Å². The van der Waals surface area contributed by atoms with Crippen molar-refractivity contribution in [2.24, 2.45) is 5.10 Å². The molecule has 0 spiro atoms. The highest BCUT2D eigenvalue weighted by molar-refractivity contribution is 7.19. The summed E-state index contributed by atoms with van der Waals surface area (Å²) >= 11 is 1.54. The fourth-order valence-corrected chi connectivity index (χ4v) is 3.91. The lowest BCUT2D eigenvalue weighted by Gasteiger charge is -2.02. The van der Waals surface area contributed by atoms with Crippen molar-refractivity contribution in [1.29, 1.82) is 0 Å². The van der Waals surface area contributed by atoms with Crippen LogP contribution in [0.5, 0.6) is 0 Å². The molecular weight excluding hydrogens is 342 g/mol. The van der Waals surface area contributed by atoms with Gasteiger partial charge in [0.15, 0.2) is 0 Å². The quantitative estimate of drug-likeness (QED) is 0.501. The maximum Gasteiger partial charge on any atom is 0.283 e. The normalized spacial score (nSPS) is 11.5. The summed E-state index contributed by atoms with van der Waals surface area (Å²) < 4.78 is 1.31. The van der Waals surface area contributed by atoms with Crippen LogP contribution in [0.3, 0.4) is 0 Å². The third-order valence-corrected chi connectivity index (χ3v) is 5.26. The van der Waals surface area contributed by atoms with E-state index in [1.807, 2.05) is 68.4 Å². The van der Waals surface area contributed by atoms with Crippen molar-refractivity contribution in [3.05, 3.63) is 87.3 Å². The van der Waals surface area contributed by atoms with Crippen LogP contribution in [0.1, 0.15) is 16.0 Å². The lowest BCUT2D eigenvalue weighted by molar-refractivity contribution is 0.819. The molecule has 0 radical (unpaired) electrons. The number of rotatable bonds is 3. The molecule has 4 aromatic rings. The molecule has 0 amide bonds. The van der Waals surface area contributed by atoms with Crippen molar-refractivity contribution in [1.82, 2.24) is 9.66 Å². The molecule has 0 atom stereocenters. The summed E-state index contributed by atoms with van der Waals surface area (Å²) in [5, 5.41) is 4.95. The molecule has 128 valence electrons. The molecule has 0 saturated heterocycles. The first-order chi connectivity index (χ1) is 12.6. The van der Waals surface area contributed by atoms with Gasteiger partial charge in [0.25, 0.3) is 5.56 Å². The van der Waals surface area contributed by atoms with E-state index >= 15 is 0 Å². The second-order valence-electron chi connectivity index (χ2n) is 6.13. The van der Waals surface area contributed by atoms with Gasteiger partial charge in [0, 0.05) is 10.4 Å². The van der Waals surface area contributed by atoms with Gasteiger partial charge in [0.2, 0.25) is 0 Å². The van der Waals surface area contributed by atoms with E-state index in [1.165, 1.54) is 27.9 Å². The van der Waals surface area contributed by atoms with E-state index in [4.69, 9.17) is 0 Å². The molecule has 0 aliphatic carbocycles. The molecule has 0 aliphatic heterocycles. The van der Waals surface area contributed by atoms with Gasteiger partial charge >= 0.3 is 0 Å². The van der Waals surface area contributed by atoms with Gasteiger partial charge in [0.1, 0.15) is 11.2 Å². The number of aryl methyl sites for hydroxylation is 2. The molecule has 5 heteroatoms. The molecule has 0 unspecified atom stereocenters. The van der Waals surface area contributed by atoms with Gasteiger partial charge < -0.3 is 0 Å². The number of fused-ring (bicyclic) bond motifs is 1. The second-order valence-corrected chi connectivity index (χ2v) is 7.33. The zero-order valence-electron chi connectivity index (χ0n) is 14.5. The standard InChI is InChI=1S/C21H17N3OS/c1-14-8-10-16(11-9-14)12-23-24-13-22-20-19(21(24)25)18(15(2)26-20)17-6-4-3-5-7-17/h3-13H,1-2H3/b23-12-. The van der Waals surface area contributed by atoms with Crippen LogP contribution in [-0.2, 0) is 0 Å². The second kappa shape index (κ2) is 6.69. The van der Waals surface area contributed by atoms with Crippen LogP contribution in [0, 0.1) is 13.8 Å². The Labute approximate surface area is 155 Å². The van der Waals surface area contributed by atoms with Gasteiger partial charge in [0.05, 0.1) is 11.6 Å². The van der Waals surface area contributed by atoms with Crippen LogP contribution >= 0.6 is 11.3 Å². The average molecular weight is 359 g/mol. The van der Waals surface area contributed by atoms with E-state index < -0.39 is 0 Å². The summed E-state index contributed by atoms with van der Waals surface area (Å²) in [6.45, 7) is 4.06. The smallest absolute Gasteiger partial charge is 0.267 e. The first-order valence-corrected chi connectivity index (χ1v) is 9.12. The minimum atomic E-state index is -0.151. The predicted molar refractivity (Wildman–Crippen MR) is 108 cm³/mol. The molecule has 26 heavy (non-hydrogen) atoms. The topological polar surface area (TPSA) is 47.2 Å². The van der Waals surface area contributed by atoms with Crippen molar-refractivity contribution in [2.75, 3.05) is 0 Å².